The standard InChI is InChI=1S/C48H76N8O5/c57-43-39(46(60)49-34-15-5-2-6-16-34)27-32-13-7-9-17-37(32)41(43)53-51-35-23-19-30(20-24-35)47-55-56-48(61-47)31-21-25-36(26-22-31)52-54-42-38-18-10-8-14-33(38)28-40(44(42)58)50-45(59)29-11-3-1-4-12-29/h29-44,57-58H,1-28H2,(H,49,60)(H,50,59). The lowest BCUT2D eigenvalue weighted by molar-refractivity contribution is -0.135. The fraction of sp³-hybridized carbons (Fsp3) is 0.917. The molecular formula is C48H76N8O5. The van der Waals surface area contributed by atoms with E-state index in [1.54, 1.807) is 0 Å². The van der Waals surface area contributed by atoms with E-state index in [9.17, 15) is 19.8 Å². The Morgan fingerprint density at radius 2 is 1.00 bits per heavy atom. The first-order valence-electron chi connectivity index (χ1n) is 25.5. The second-order valence-electron chi connectivity index (χ2n) is 21.2. The highest BCUT2D eigenvalue weighted by molar-refractivity contribution is 5.80. The summed E-state index contributed by atoms with van der Waals surface area (Å²) in [6.45, 7) is 0. The Balaban J connectivity index is 0.749. The molecule has 1 aromatic heterocycles. The van der Waals surface area contributed by atoms with E-state index in [1.165, 1.54) is 51.4 Å². The van der Waals surface area contributed by atoms with Crippen molar-refractivity contribution in [3.63, 3.8) is 0 Å². The number of fused-ring (bicyclic) bond motifs is 2. The number of nitrogens with zero attached hydrogens (tertiary/aromatic N) is 6. The van der Waals surface area contributed by atoms with Gasteiger partial charge >= 0.3 is 0 Å². The Labute approximate surface area is 363 Å². The van der Waals surface area contributed by atoms with E-state index >= 15 is 0 Å². The van der Waals surface area contributed by atoms with Gasteiger partial charge in [0.15, 0.2) is 0 Å². The summed E-state index contributed by atoms with van der Waals surface area (Å²) in [6, 6.07) is -0.303. The average Bonchev–Trinajstić information content (AvgIpc) is 3.80. The number of aliphatic hydroxyl groups is 2. The lowest BCUT2D eigenvalue weighted by Gasteiger charge is -2.46. The van der Waals surface area contributed by atoms with Crippen LogP contribution in [0.4, 0.5) is 0 Å². The van der Waals surface area contributed by atoms with Crippen molar-refractivity contribution in [2.75, 3.05) is 0 Å². The van der Waals surface area contributed by atoms with Crippen LogP contribution in [0.3, 0.4) is 0 Å². The minimum absolute atomic E-state index is 0.0282. The third-order valence-corrected chi connectivity index (χ3v) is 17.3. The molecule has 10 atom stereocenters. The number of aromatic nitrogens is 2. The zero-order valence-electron chi connectivity index (χ0n) is 36.8. The molecule has 9 rings (SSSR count). The lowest BCUT2D eigenvalue weighted by atomic mass is 9.64. The summed E-state index contributed by atoms with van der Waals surface area (Å²) in [5.41, 5.74) is 0. The van der Waals surface area contributed by atoms with Crippen molar-refractivity contribution in [3.8, 4) is 0 Å². The third kappa shape index (κ3) is 10.3. The van der Waals surface area contributed by atoms with Crippen LogP contribution >= 0.6 is 0 Å². The van der Waals surface area contributed by atoms with Crippen LogP contribution in [0.5, 0.6) is 0 Å². The molecule has 13 heteroatoms. The Kier molecular flexibility index (Phi) is 14.5. The van der Waals surface area contributed by atoms with Crippen molar-refractivity contribution in [1.29, 1.82) is 0 Å². The van der Waals surface area contributed by atoms with E-state index < -0.39 is 18.1 Å². The Morgan fingerprint density at radius 1 is 0.508 bits per heavy atom. The van der Waals surface area contributed by atoms with E-state index in [0.29, 0.717) is 23.7 Å². The van der Waals surface area contributed by atoms with Gasteiger partial charge in [0.1, 0.15) is 12.1 Å². The Bertz CT molecular complexity index is 1640. The molecule has 1 heterocycles. The number of amides is 2. The molecule has 8 aliphatic rings. The first-order valence-corrected chi connectivity index (χ1v) is 25.5. The molecule has 8 saturated carbocycles. The van der Waals surface area contributed by atoms with Crippen LogP contribution in [0.1, 0.15) is 203 Å². The predicted octanol–water partition coefficient (Wildman–Crippen LogP) is 9.04. The van der Waals surface area contributed by atoms with Crippen LogP contribution in [0.25, 0.3) is 0 Å². The van der Waals surface area contributed by atoms with Gasteiger partial charge in [-0.25, -0.2) is 0 Å². The smallest absolute Gasteiger partial charge is 0.226 e. The van der Waals surface area contributed by atoms with Crippen LogP contribution in [-0.4, -0.2) is 80.7 Å². The van der Waals surface area contributed by atoms with Crippen molar-refractivity contribution in [1.82, 2.24) is 20.8 Å². The van der Waals surface area contributed by atoms with Crippen LogP contribution in [0.2, 0.25) is 0 Å². The van der Waals surface area contributed by atoms with E-state index in [1.807, 2.05) is 0 Å². The van der Waals surface area contributed by atoms with Crippen LogP contribution < -0.4 is 10.6 Å². The van der Waals surface area contributed by atoms with Crippen LogP contribution in [-0.2, 0) is 9.59 Å². The van der Waals surface area contributed by atoms with Crippen LogP contribution in [0.15, 0.2) is 24.9 Å². The number of rotatable bonds is 10. The molecule has 1 aromatic rings. The normalized spacial score (nSPS) is 40.6. The molecule has 61 heavy (non-hydrogen) atoms. The first-order chi connectivity index (χ1) is 29.9. The van der Waals surface area contributed by atoms with Crippen molar-refractivity contribution in [3.05, 3.63) is 11.8 Å². The number of nitrogens with one attached hydrogen (secondary N) is 2. The quantitative estimate of drug-likeness (QED) is 0.169. The highest BCUT2D eigenvalue weighted by Crippen LogP contribution is 2.46. The number of hydrogen-bond donors (Lipinski definition) is 4. The lowest BCUT2D eigenvalue weighted by Crippen LogP contribution is -2.57. The van der Waals surface area contributed by atoms with Gasteiger partial charge in [-0.1, -0.05) is 77.0 Å². The van der Waals surface area contributed by atoms with Gasteiger partial charge in [0.05, 0.1) is 36.3 Å². The molecule has 13 nitrogen and oxygen atoms in total. The minimum atomic E-state index is -0.772. The summed E-state index contributed by atoms with van der Waals surface area (Å²) in [7, 11) is 0. The maximum atomic E-state index is 13.5. The molecule has 2 amide bonds. The molecule has 0 aliphatic heterocycles. The Hall–Kier alpha value is -2.80. The molecule has 338 valence electrons. The monoisotopic (exact) mass is 845 g/mol. The zero-order chi connectivity index (χ0) is 41.7. The molecule has 4 N–H and O–H groups in total. The molecule has 8 fully saturated rings. The van der Waals surface area contributed by atoms with E-state index in [4.69, 9.17) is 24.9 Å². The fourth-order valence-electron chi connectivity index (χ4n) is 13.6. The zero-order valence-corrected chi connectivity index (χ0v) is 36.8. The molecule has 0 spiro atoms. The summed E-state index contributed by atoms with van der Waals surface area (Å²) in [5, 5.41) is 58.6. The van der Waals surface area contributed by atoms with Gasteiger partial charge in [0.25, 0.3) is 0 Å². The topological polar surface area (TPSA) is 187 Å². The molecular weight excluding hydrogens is 769 g/mol. The second-order valence-corrected chi connectivity index (χ2v) is 21.2. The van der Waals surface area contributed by atoms with E-state index in [-0.39, 0.29) is 65.8 Å². The van der Waals surface area contributed by atoms with Gasteiger partial charge < -0.3 is 25.3 Å². The summed E-state index contributed by atoms with van der Waals surface area (Å²) < 4.78 is 6.40. The summed E-state index contributed by atoms with van der Waals surface area (Å²) in [4.78, 5) is 26.7. The number of azo groups is 2. The van der Waals surface area contributed by atoms with Gasteiger partial charge in [0.2, 0.25) is 23.6 Å². The minimum Gasteiger partial charge on any atom is -0.425 e. The van der Waals surface area contributed by atoms with Crippen molar-refractivity contribution in [2.24, 2.45) is 56.0 Å². The summed E-state index contributed by atoms with van der Waals surface area (Å²) >= 11 is 0. The number of aliphatic hydroxyl groups excluding tert-OH is 2. The van der Waals surface area contributed by atoms with Crippen molar-refractivity contribution >= 4 is 11.8 Å². The largest absolute Gasteiger partial charge is 0.425 e. The van der Waals surface area contributed by atoms with Gasteiger partial charge in [-0.2, -0.15) is 20.5 Å². The summed E-state index contributed by atoms with van der Waals surface area (Å²) in [6.07, 6.45) is 27.7. The third-order valence-electron chi connectivity index (χ3n) is 17.3. The van der Waals surface area contributed by atoms with Crippen molar-refractivity contribution in [2.45, 2.75) is 240 Å². The molecule has 10 unspecified atom stereocenters. The van der Waals surface area contributed by atoms with Gasteiger partial charge in [0, 0.05) is 23.8 Å². The SMILES string of the molecule is O=C(NC1CC2CCCCC2C(N=NC2CCC(c3nnc(C4CCC(N=NC5C(O)C(C(=O)NC6CCCCC6)CC6CCCCC65)CC4)o3)CC2)C1O)C1CCCCC1. The highest BCUT2D eigenvalue weighted by Gasteiger charge is 2.49. The second kappa shape index (κ2) is 20.4. The van der Waals surface area contributed by atoms with Crippen LogP contribution in [0, 0.1) is 35.5 Å². The fourth-order valence-corrected chi connectivity index (χ4v) is 13.6. The maximum Gasteiger partial charge on any atom is 0.226 e. The predicted molar refractivity (Wildman–Crippen MR) is 231 cm³/mol. The van der Waals surface area contributed by atoms with Gasteiger partial charge in [-0.05, 0) is 126 Å². The number of hydrogen-bond acceptors (Lipinski definition) is 11. The highest BCUT2D eigenvalue weighted by atomic mass is 16.4. The van der Waals surface area contributed by atoms with Gasteiger partial charge in [-0.15, -0.1) is 10.2 Å². The number of carbonyl (C=O) groups excluding carboxylic acids is 2. The average molecular weight is 845 g/mol. The number of carbonyl (C=O) groups is 2. The molecule has 0 aromatic carbocycles. The van der Waals surface area contributed by atoms with Gasteiger partial charge in [-0.3, -0.25) is 9.59 Å². The van der Waals surface area contributed by atoms with E-state index in [0.717, 1.165) is 140 Å². The maximum absolute atomic E-state index is 13.5. The van der Waals surface area contributed by atoms with Crippen molar-refractivity contribution < 1.29 is 24.2 Å². The molecule has 0 bridgehead atoms. The first kappa shape index (κ1) is 43.5. The van der Waals surface area contributed by atoms with E-state index in [2.05, 4.69) is 20.8 Å². The Morgan fingerprint density at radius 3 is 1.57 bits per heavy atom. The molecule has 0 saturated heterocycles. The summed E-state index contributed by atoms with van der Waals surface area (Å²) in [5.74, 6) is 3.34. The molecule has 8 aliphatic carbocycles. The molecule has 0 radical (unpaired) electrons.